The van der Waals surface area contributed by atoms with Crippen LogP contribution in [0.3, 0.4) is 0 Å². The molecule has 2 nitrogen and oxygen atoms in total. The van der Waals surface area contributed by atoms with Crippen molar-refractivity contribution in [1.82, 2.24) is 0 Å². The zero-order valence-electron chi connectivity index (χ0n) is 13.1. The predicted octanol–water partition coefficient (Wildman–Crippen LogP) is 4.84. The van der Waals surface area contributed by atoms with Gasteiger partial charge in [-0.2, -0.15) is 0 Å². The lowest BCUT2D eigenvalue weighted by molar-refractivity contribution is -0.140. The maximum atomic E-state index is 13.2. The summed E-state index contributed by atoms with van der Waals surface area (Å²) in [6.07, 6.45) is 2.60. The van der Waals surface area contributed by atoms with E-state index in [1.165, 1.54) is 19.2 Å². The van der Waals surface area contributed by atoms with Gasteiger partial charge >= 0.3 is 5.97 Å². The van der Waals surface area contributed by atoms with Crippen molar-refractivity contribution in [3.05, 3.63) is 71.0 Å². The number of ether oxygens (including phenoxy) is 1. The number of halogens is 2. The monoisotopic (exact) mass is 334 g/mol. The molecule has 2 aromatic carbocycles. The number of hydrogen-bond donors (Lipinski definition) is 0. The van der Waals surface area contributed by atoms with Crippen molar-refractivity contribution < 1.29 is 13.9 Å². The van der Waals surface area contributed by atoms with E-state index in [0.29, 0.717) is 12.8 Å². The summed E-state index contributed by atoms with van der Waals surface area (Å²) in [5, 5.41) is -0.194. The molecule has 0 radical (unpaired) electrons. The second-order valence-corrected chi connectivity index (χ2v) is 6.00. The average molecular weight is 335 g/mol. The van der Waals surface area contributed by atoms with Gasteiger partial charge in [-0.25, -0.2) is 4.39 Å². The highest BCUT2D eigenvalue weighted by Crippen LogP contribution is 2.25. The lowest BCUT2D eigenvalue weighted by atomic mass is 10.0. The van der Waals surface area contributed by atoms with Gasteiger partial charge in [-0.15, -0.1) is 11.6 Å². The molecular formula is C19H20ClFO2. The molecule has 2 aromatic rings. The highest BCUT2D eigenvalue weighted by molar-refractivity contribution is 6.20. The van der Waals surface area contributed by atoms with Gasteiger partial charge in [0.15, 0.2) is 0 Å². The van der Waals surface area contributed by atoms with Crippen molar-refractivity contribution in [2.45, 2.75) is 31.1 Å². The van der Waals surface area contributed by atoms with Gasteiger partial charge < -0.3 is 4.74 Å². The Hall–Kier alpha value is -1.87. The molecule has 0 aliphatic rings. The van der Waals surface area contributed by atoms with Crippen LogP contribution in [0.25, 0.3) is 0 Å². The Morgan fingerprint density at radius 1 is 1.17 bits per heavy atom. The molecule has 0 aromatic heterocycles. The fourth-order valence-corrected chi connectivity index (χ4v) is 2.74. The van der Waals surface area contributed by atoms with E-state index in [4.69, 9.17) is 11.6 Å². The smallest absolute Gasteiger partial charge is 0.305 e. The zero-order chi connectivity index (χ0) is 16.7. The van der Waals surface area contributed by atoms with Crippen LogP contribution in [0.4, 0.5) is 4.39 Å². The second kappa shape index (κ2) is 8.68. The Labute approximate surface area is 141 Å². The molecule has 0 amide bonds. The van der Waals surface area contributed by atoms with Crippen LogP contribution >= 0.6 is 11.6 Å². The van der Waals surface area contributed by atoms with Gasteiger partial charge in [-0.3, -0.25) is 4.79 Å². The van der Waals surface area contributed by atoms with Gasteiger partial charge in [0.1, 0.15) is 5.82 Å². The van der Waals surface area contributed by atoms with Crippen molar-refractivity contribution in [2.24, 2.45) is 0 Å². The number of esters is 1. The Morgan fingerprint density at radius 2 is 1.91 bits per heavy atom. The molecule has 0 N–H and O–H groups in total. The number of benzene rings is 2. The minimum atomic E-state index is -0.243. The molecule has 4 heteroatoms. The predicted molar refractivity (Wildman–Crippen MR) is 90.1 cm³/mol. The van der Waals surface area contributed by atoms with Gasteiger partial charge in [-0.05, 0) is 48.1 Å². The Morgan fingerprint density at radius 3 is 2.57 bits per heavy atom. The quantitative estimate of drug-likeness (QED) is 0.534. The van der Waals surface area contributed by atoms with E-state index in [2.05, 4.69) is 4.74 Å². The number of methoxy groups -OCH3 is 1. The molecule has 122 valence electrons. The third-order valence-electron chi connectivity index (χ3n) is 3.72. The van der Waals surface area contributed by atoms with Crippen LogP contribution in [0.1, 0.15) is 34.9 Å². The van der Waals surface area contributed by atoms with Crippen molar-refractivity contribution in [2.75, 3.05) is 7.11 Å². The van der Waals surface area contributed by atoms with Crippen molar-refractivity contribution in [3.8, 4) is 0 Å². The topological polar surface area (TPSA) is 26.3 Å². The van der Waals surface area contributed by atoms with Gasteiger partial charge in [0, 0.05) is 6.42 Å². The number of carbonyl (C=O) groups is 1. The summed E-state index contributed by atoms with van der Waals surface area (Å²) in [5.74, 6) is -0.426. The van der Waals surface area contributed by atoms with Crippen LogP contribution in [0, 0.1) is 5.82 Å². The molecule has 2 rings (SSSR count). The van der Waals surface area contributed by atoms with Crippen molar-refractivity contribution >= 4 is 17.6 Å². The van der Waals surface area contributed by atoms with Crippen molar-refractivity contribution in [3.63, 3.8) is 0 Å². The van der Waals surface area contributed by atoms with E-state index < -0.39 is 0 Å². The Bertz CT molecular complexity index is 640. The standard InChI is InChI=1S/C19H20ClFO2/c1-23-19(22)7-3-4-14-8-10-16(11-9-14)18(20)13-15-5-2-6-17(21)12-15/h2,5-6,8-12,18H,3-4,7,13H2,1H3. The number of carbonyl (C=O) groups excluding carboxylic acids is 1. The van der Waals surface area contributed by atoms with Crippen LogP contribution in [0.5, 0.6) is 0 Å². The number of rotatable bonds is 7. The molecule has 0 bridgehead atoms. The van der Waals surface area contributed by atoms with Crippen LogP contribution < -0.4 is 0 Å². The maximum absolute atomic E-state index is 13.2. The van der Waals surface area contributed by atoms with Gasteiger partial charge in [0.25, 0.3) is 0 Å². The lowest BCUT2D eigenvalue weighted by Gasteiger charge is -2.11. The molecule has 0 aliphatic carbocycles. The van der Waals surface area contributed by atoms with E-state index in [-0.39, 0.29) is 17.2 Å². The first-order valence-corrected chi connectivity index (χ1v) is 8.06. The zero-order valence-corrected chi connectivity index (χ0v) is 13.9. The molecule has 0 saturated heterocycles. The Kier molecular flexibility index (Phi) is 6.60. The van der Waals surface area contributed by atoms with Gasteiger partial charge in [0.2, 0.25) is 0 Å². The highest BCUT2D eigenvalue weighted by atomic mass is 35.5. The SMILES string of the molecule is COC(=O)CCCc1ccc(C(Cl)Cc2cccc(F)c2)cc1. The number of alkyl halides is 1. The largest absolute Gasteiger partial charge is 0.469 e. The summed E-state index contributed by atoms with van der Waals surface area (Å²) in [6, 6.07) is 14.5. The molecule has 0 fully saturated rings. The van der Waals surface area contributed by atoms with E-state index in [1.807, 2.05) is 30.3 Å². The average Bonchev–Trinajstić information content (AvgIpc) is 2.55. The normalized spacial score (nSPS) is 12.0. The maximum Gasteiger partial charge on any atom is 0.305 e. The summed E-state index contributed by atoms with van der Waals surface area (Å²) < 4.78 is 17.8. The van der Waals surface area contributed by atoms with E-state index in [1.54, 1.807) is 6.07 Å². The molecule has 0 saturated carbocycles. The lowest BCUT2D eigenvalue weighted by Crippen LogP contribution is -2.01. The fourth-order valence-electron chi connectivity index (χ4n) is 2.42. The van der Waals surface area contributed by atoms with Gasteiger partial charge in [-0.1, -0.05) is 36.4 Å². The van der Waals surface area contributed by atoms with Gasteiger partial charge in [0.05, 0.1) is 12.5 Å². The van der Waals surface area contributed by atoms with E-state index in [9.17, 15) is 9.18 Å². The summed E-state index contributed by atoms with van der Waals surface area (Å²) in [6.45, 7) is 0. The second-order valence-electron chi connectivity index (χ2n) is 5.47. The number of hydrogen-bond acceptors (Lipinski definition) is 2. The third-order valence-corrected chi connectivity index (χ3v) is 4.13. The van der Waals surface area contributed by atoms with Crippen LogP contribution in [0.2, 0.25) is 0 Å². The molecule has 0 spiro atoms. The minimum absolute atomic E-state index is 0.183. The first kappa shape index (κ1) is 17.5. The Balaban J connectivity index is 1.89. The first-order valence-electron chi connectivity index (χ1n) is 7.62. The summed E-state index contributed by atoms with van der Waals surface area (Å²) in [7, 11) is 1.40. The highest BCUT2D eigenvalue weighted by Gasteiger charge is 2.10. The van der Waals surface area contributed by atoms with Crippen LogP contribution in [0.15, 0.2) is 48.5 Å². The molecule has 1 atom stereocenters. The van der Waals surface area contributed by atoms with E-state index >= 15 is 0 Å². The molecular weight excluding hydrogens is 315 g/mol. The molecule has 23 heavy (non-hydrogen) atoms. The molecule has 0 aliphatic heterocycles. The summed E-state index contributed by atoms with van der Waals surface area (Å²) in [4.78, 5) is 11.1. The van der Waals surface area contributed by atoms with Crippen molar-refractivity contribution in [1.29, 1.82) is 0 Å². The minimum Gasteiger partial charge on any atom is -0.469 e. The molecule has 1 unspecified atom stereocenters. The fraction of sp³-hybridized carbons (Fsp3) is 0.316. The van der Waals surface area contributed by atoms with Crippen LogP contribution in [-0.2, 0) is 22.4 Å². The number of aryl methyl sites for hydroxylation is 1. The summed E-state index contributed by atoms with van der Waals surface area (Å²) >= 11 is 6.43. The van der Waals surface area contributed by atoms with Crippen LogP contribution in [-0.4, -0.2) is 13.1 Å². The third kappa shape index (κ3) is 5.68. The van der Waals surface area contributed by atoms with E-state index in [0.717, 1.165) is 29.5 Å². The summed E-state index contributed by atoms with van der Waals surface area (Å²) in [5.41, 5.74) is 3.05. The molecule has 0 heterocycles. The first-order chi connectivity index (χ1) is 11.1.